The molecule has 2 aromatic carbocycles. The van der Waals surface area contributed by atoms with Crippen LogP contribution in [0.25, 0.3) is 5.69 Å². The lowest BCUT2D eigenvalue weighted by Crippen LogP contribution is -2.36. The first kappa shape index (κ1) is 16.5. The van der Waals surface area contributed by atoms with Gasteiger partial charge in [0.05, 0.1) is 0 Å². The summed E-state index contributed by atoms with van der Waals surface area (Å²) in [6.45, 7) is 2.83. The molecule has 1 N–H and O–H groups in total. The van der Waals surface area contributed by atoms with E-state index in [2.05, 4.69) is 44.7 Å². The summed E-state index contributed by atoms with van der Waals surface area (Å²) in [6.07, 6.45) is 4.25. The smallest absolute Gasteiger partial charge is 0.251 e. The molecule has 3 aromatic rings. The molecule has 1 atom stereocenters. The van der Waals surface area contributed by atoms with Crippen molar-refractivity contribution in [3.8, 4) is 5.69 Å². The topological polar surface area (TPSA) is 63.1 Å². The number of benzene rings is 2. The molecule has 1 saturated heterocycles. The minimum absolute atomic E-state index is 0.0214. The lowest BCUT2D eigenvalue weighted by atomic mass is 10.1. The van der Waals surface area contributed by atoms with Crippen molar-refractivity contribution in [2.24, 2.45) is 0 Å². The van der Waals surface area contributed by atoms with E-state index in [0.29, 0.717) is 5.56 Å². The molecule has 6 nitrogen and oxygen atoms in total. The Balaban J connectivity index is 1.32. The van der Waals surface area contributed by atoms with E-state index in [4.69, 9.17) is 0 Å². The molecule has 0 aliphatic carbocycles. The summed E-state index contributed by atoms with van der Waals surface area (Å²) in [6, 6.07) is 18.1. The Labute approximate surface area is 152 Å². The van der Waals surface area contributed by atoms with Crippen molar-refractivity contribution >= 4 is 5.91 Å². The third-order valence-corrected chi connectivity index (χ3v) is 4.70. The van der Waals surface area contributed by atoms with Crippen molar-refractivity contribution in [2.45, 2.75) is 19.0 Å². The van der Waals surface area contributed by atoms with E-state index in [9.17, 15) is 4.79 Å². The van der Waals surface area contributed by atoms with Gasteiger partial charge in [0, 0.05) is 36.9 Å². The standard InChI is InChI=1S/C20H21N5O/c26-20(17-6-8-19(9-7-17)25-14-21-22-15-25)23-18-10-11-24(13-18)12-16-4-2-1-3-5-16/h1-9,14-15,18H,10-13H2,(H,23,26)/t18-/m1/s1. The van der Waals surface area contributed by atoms with Gasteiger partial charge in [0.2, 0.25) is 0 Å². The number of carbonyl (C=O) groups is 1. The summed E-state index contributed by atoms with van der Waals surface area (Å²) in [5, 5.41) is 10.7. The molecule has 0 saturated carbocycles. The molecule has 0 radical (unpaired) electrons. The van der Waals surface area contributed by atoms with Gasteiger partial charge in [-0.2, -0.15) is 0 Å². The number of amides is 1. The minimum Gasteiger partial charge on any atom is -0.348 e. The molecule has 4 rings (SSSR count). The van der Waals surface area contributed by atoms with Gasteiger partial charge in [-0.3, -0.25) is 14.3 Å². The molecule has 1 amide bonds. The lowest BCUT2D eigenvalue weighted by molar-refractivity contribution is 0.0937. The maximum absolute atomic E-state index is 12.5. The number of likely N-dealkylation sites (tertiary alicyclic amines) is 1. The van der Waals surface area contributed by atoms with Gasteiger partial charge >= 0.3 is 0 Å². The van der Waals surface area contributed by atoms with Crippen LogP contribution in [0.4, 0.5) is 0 Å². The van der Waals surface area contributed by atoms with Crippen LogP contribution in [0.3, 0.4) is 0 Å². The maximum Gasteiger partial charge on any atom is 0.251 e. The zero-order chi connectivity index (χ0) is 17.8. The first-order valence-electron chi connectivity index (χ1n) is 8.80. The largest absolute Gasteiger partial charge is 0.348 e. The molecule has 0 spiro atoms. The molecular weight excluding hydrogens is 326 g/mol. The molecule has 26 heavy (non-hydrogen) atoms. The van der Waals surface area contributed by atoms with Crippen LogP contribution in [0.1, 0.15) is 22.3 Å². The Kier molecular flexibility index (Phi) is 4.75. The van der Waals surface area contributed by atoms with Crippen molar-refractivity contribution in [2.75, 3.05) is 13.1 Å². The first-order chi connectivity index (χ1) is 12.8. The number of nitrogens with zero attached hydrogens (tertiary/aromatic N) is 4. The predicted molar refractivity (Wildman–Crippen MR) is 98.9 cm³/mol. The van der Waals surface area contributed by atoms with Gasteiger partial charge in [0.1, 0.15) is 12.7 Å². The first-order valence-corrected chi connectivity index (χ1v) is 8.80. The van der Waals surface area contributed by atoms with Crippen molar-refractivity contribution in [3.05, 3.63) is 78.4 Å². The summed E-state index contributed by atoms with van der Waals surface area (Å²) in [5.41, 5.74) is 2.91. The van der Waals surface area contributed by atoms with Crippen molar-refractivity contribution in [1.82, 2.24) is 25.0 Å². The van der Waals surface area contributed by atoms with Crippen LogP contribution in [0.5, 0.6) is 0 Å². The van der Waals surface area contributed by atoms with Crippen LogP contribution in [0.2, 0.25) is 0 Å². The van der Waals surface area contributed by atoms with Gasteiger partial charge < -0.3 is 5.32 Å². The molecule has 1 aromatic heterocycles. The fourth-order valence-electron chi connectivity index (χ4n) is 3.32. The molecule has 132 valence electrons. The van der Waals surface area contributed by atoms with Crippen LogP contribution >= 0.6 is 0 Å². The molecule has 6 heteroatoms. The third-order valence-electron chi connectivity index (χ3n) is 4.70. The number of aromatic nitrogens is 3. The van der Waals surface area contributed by atoms with E-state index >= 15 is 0 Å². The second-order valence-corrected chi connectivity index (χ2v) is 6.60. The van der Waals surface area contributed by atoms with Crippen molar-refractivity contribution in [1.29, 1.82) is 0 Å². The van der Waals surface area contributed by atoms with E-state index in [1.54, 1.807) is 17.2 Å². The van der Waals surface area contributed by atoms with Gasteiger partial charge in [0.25, 0.3) is 5.91 Å². The molecule has 1 aliphatic rings. The SMILES string of the molecule is O=C(N[C@@H]1CCN(Cc2ccccc2)C1)c1ccc(-n2cnnc2)cc1. The Morgan fingerprint density at radius 1 is 1.04 bits per heavy atom. The molecular formula is C20H21N5O. The number of nitrogens with one attached hydrogen (secondary N) is 1. The summed E-state index contributed by atoms with van der Waals surface area (Å²) in [4.78, 5) is 14.9. The Hall–Kier alpha value is -2.99. The van der Waals surface area contributed by atoms with E-state index in [0.717, 1.165) is 31.7 Å². The van der Waals surface area contributed by atoms with Crippen LogP contribution < -0.4 is 5.32 Å². The van der Waals surface area contributed by atoms with Crippen molar-refractivity contribution < 1.29 is 4.79 Å². The van der Waals surface area contributed by atoms with Crippen LogP contribution in [0, 0.1) is 0 Å². The summed E-state index contributed by atoms with van der Waals surface area (Å²) < 4.78 is 1.81. The van der Waals surface area contributed by atoms with Crippen LogP contribution in [-0.4, -0.2) is 44.7 Å². The predicted octanol–water partition coefficient (Wildman–Crippen LogP) is 2.27. The normalized spacial score (nSPS) is 17.3. The highest BCUT2D eigenvalue weighted by atomic mass is 16.1. The molecule has 0 unspecified atom stereocenters. The zero-order valence-electron chi connectivity index (χ0n) is 14.5. The van der Waals surface area contributed by atoms with Gasteiger partial charge in [-0.1, -0.05) is 30.3 Å². The Morgan fingerprint density at radius 3 is 2.50 bits per heavy atom. The highest BCUT2D eigenvalue weighted by Crippen LogP contribution is 2.15. The minimum atomic E-state index is -0.0214. The third kappa shape index (κ3) is 3.81. The zero-order valence-corrected chi connectivity index (χ0v) is 14.5. The molecule has 1 aliphatic heterocycles. The molecule has 0 bridgehead atoms. The second-order valence-electron chi connectivity index (χ2n) is 6.60. The maximum atomic E-state index is 12.5. The number of hydrogen-bond donors (Lipinski definition) is 1. The van der Waals surface area contributed by atoms with Crippen molar-refractivity contribution in [3.63, 3.8) is 0 Å². The van der Waals surface area contributed by atoms with E-state index in [-0.39, 0.29) is 11.9 Å². The van der Waals surface area contributed by atoms with Gasteiger partial charge in [-0.15, -0.1) is 10.2 Å². The number of hydrogen-bond acceptors (Lipinski definition) is 4. The van der Waals surface area contributed by atoms with Gasteiger partial charge in [-0.05, 0) is 36.2 Å². The average Bonchev–Trinajstić information content (AvgIpc) is 3.35. The van der Waals surface area contributed by atoms with Gasteiger partial charge in [-0.25, -0.2) is 0 Å². The summed E-state index contributed by atoms with van der Waals surface area (Å²) in [7, 11) is 0. The lowest BCUT2D eigenvalue weighted by Gasteiger charge is -2.17. The quantitative estimate of drug-likeness (QED) is 0.769. The number of carbonyl (C=O) groups excluding carboxylic acids is 1. The second kappa shape index (κ2) is 7.49. The highest BCUT2D eigenvalue weighted by molar-refractivity contribution is 5.94. The summed E-state index contributed by atoms with van der Waals surface area (Å²) >= 11 is 0. The van der Waals surface area contributed by atoms with E-state index in [1.165, 1.54) is 5.56 Å². The van der Waals surface area contributed by atoms with Gasteiger partial charge in [0.15, 0.2) is 0 Å². The molecule has 2 heterocycles. The highest BCUT2D eigenvalue weighted by Gasteiger charge is 2.24. The fraction of sp³-hybridized carbons (Fsp3) is 0.250. The fourth-order valence-corrected chi connectivity index (χ4v) is 3.32. The molecule has 1 fully saturated rings. The monoisotopic (exact) mass is 347 g/mol. The van der Waals surface area contributed by atoms with Crippen LogP contribution in [-0.2, 0) is 6.54 Å². The Morgan fingerprint density at radius 2 is 1.77 bits per heavy atom. The number of rotatable bonds is 5. The van der Waals surface area contributed by atoms with E-state index < -0.39 is 0 Å². The average molecular weight is 347 g/mol. The Bertz CT molecular complexity index is 846. The summed E-state index contributed by atoms with van der Waals surface area (Å²) in [5.74, 6) is -0.0214. The van der Waals surface area contributed by atoms with Crippen LogP contribution in [0.15, 0.2) is 67.3 Å². The van der Waals surface area contributed by atoms with E-state index in [1.807, 2.05) is 30.3 Å².